The molecule has 0 saturated heterocycles. The van der Waals surface area contributed by atoms with E-state index in [-0.39, 0.29) is 12.5 Å². The summed E-state index contributed by atoms with van der Waals surface area (Å²) in [7, 11) is -3.50. The van der Waals surface area contributed by atoms with Crippen molar-refractivity contribution < 1.29 is 17.9 Å². The van der Waals surface area contributed by atoms with E-state index in [4.69, 9.17) is 4.74 Å². The molecule has 3 aromatic rings. The zero-order valence-corrected chi connectivity index (χ0v) is 21.2. The van der Waals surface area contributed by atoms with Crippen LogP contribution in [0.4, 0.5) is 5.69 Å². The molecule has 180 valence electrons. The van der Waals surface area contributed by atoms with E-state index in [0.29, 0.717) is 24.4 Å². The predicted octanol–water partition coefficient (Wildman–Crippen LogP) is 4.70. The van der Waals surface area contributed by atoms with Crippen molar-refractivity contribution >= 4 is 21.6 Å². The zero-order valence-electron chi connectivity index (χ0n) is 20.4. The number of para-hydroxylation sites is 1. The first kappa shape index (κ1) is 25.3. The number of anilines is 1. The second kappa shape index (κ2) is 10.7. The summed E-state index contributed by atoms with van der Waals surface area (Å²) >= 11 is 0. The lowest BCUT2D eigenvalue weighted by atomic mass is 10.0. The van der Waals surface area contributed by atoms with Crippen LogP contribution in [0.25, 0.3) is 0 Å². The Kier molecular flexibility index (Phi) is 7.99. The first-order chi connectivity index (χ1) is 16.1. The number of carbonyl (C=O) groups excluding carboxylic acids is 1. The molecular weight excluding hydrogens is 448 g/mol. The molecule has 0 radical (unpaired) electrons. The number of aryl methyl sites for hydroxylation is 4. The molecule has 0 aromatic heterocycles. The zero-order chi connectivity index (χ0) is 24.9. The summed E-state index contributed by atoms with van der Waals surface area (Å²) in [5, 5.41) is 2.85. The summed E-state index contributed by atoms with van der Waals surface area (Å²) < 4.78 is 32.4. The van der Waals surface area contributed by atoms with Crippen LogP contribution >= 0.6 is 0 Å². The first-order valence-electron chi connectivity index (χ1n) is 11.2. The molecule has 0 unspecified atom stereocenters. The molecule has 1 N–H and O–H groups in total. The summed E-state index contributed by atoms with van der Waals surface area (Å²) in [4.78, 5) is 12.5. The number of ether oxygens (including phenoxy) is 1. The minimum Gasteiger partial charge on any atom is -0.491 e. The Morgan fingerprint density at radius 3 is 2.12 bits per heavy atom. The fourth-order valence-corrected chi connectivity index (χ4v) is 5.00. The van der Waals surface area contributed by atoms with Crippen molar-refractivity contribution in [3.05, 3.63) is 94.0 Å². The fourth-order valence-electron chi connectivity index (χ4n) is 4.00. The van der Waals surface area contributed by atoms with Crippen molar-refractivity contribution in [3.63, 3.8) is 0 Å². The van der Waals surface area contributed by atoms with Gasteiger partial charge in [0.25, 0.3) is 5.91 Å². The highest BCUT2D eigenvalue weighted by molar-refractivity contribution is 7.92. The topological polar surface area (TPSA) is 75.7 Å². The fraction of sp³-hybridized carbons (Fsp3) is 0.296. The van der Waals surface area contributed by atoms with Gasteiger partial charge in [0, 0.05) is 5.56 Å². The van der Waals surface area contributed by atoms with Gasteiger partial charge in [-0.3, -0.25) is 9.10 Å². The van der Waals surface area contributed by atoms with Gasteiger partial charge in [-0.05, 0) is 68.1 Å². The van der Waals surface area contributed by atoms with E-state index < -0.39 is 10.0 Å². The van der Waals surface area contributed by atoms with Gasteiger partial charge in [0.05, 0.1) is 25.0 Å². The molecule has 0 fully saturated rings. The van der Waals surface area contributed by atoms with Crippen LogP contribution < -0.4 is 14.4 Å². The normalized spacial score (nSPS) is 11.2. The van der Waals surface area contributed by atoms with E-state index in [9.17, 15) is 13.2 Å². The average Bonchev–Trinajstić information content (AvgIpc) is 2.76. The van der Waals surface area contributed by atoms with Crippen LogP contribution in [0.2, 0.25) is 0 Å². The Bertz CT molecular complexity index is 1250. The molecule has 0 bridgehead atoms. The maximum Gasteiger partial charge on any atom is 0.251 e. The maximum absolute atomic E-state index is 12.6. The number of hydrogen-bond acceptors (Lipinski definition) is 4. The van der Waals surface area contributed by atoms with E-state index in [0.717, 1.165) is 33.6 Å². The van der Waals surface area contributed by atoms with Gasteiger partial charge in [0.2, 0.25) is 10.0 Å². The van der Waals surface area contributed by atoms with Gasteiger partial charge in [-0.1, -0.05) is 48.0 Å². The third-order valence-electron chi connectivity index (χ3n) is 5.57. The van der Waals surface area contributed by atoms with E-state index in [1.165, 1.54) is 10.6 Å². The predicted molar refractivity (Wildman–Crippen MR) is 137 cm³/mol. The molecule has 0 aliphatic heterocycles. The molecule has 1 amide bonds. The molecule has 0 heterocycles. The number of nitrogens with one attached hydrogen (secondary N) is 1. The lowest BCUT2D eigenvalue weighted by Gasteiger charge is -2.26. The highest BCUT2D eigenvalue weighted by Gasteiger charge is 2.22. The highest BCUT2D eigenvalue weighted by atomic mass is 32.2. The van der Waals surface area contributed by atoms with Gasteiger partial charge in [-0.25, -0.2) is 8.42 Å². The quantitative estimate of drug-likeness (QED) is 0.451. The Labute approximate surface area is 202 Å². The van der Waals surface area contributed by atoms with Crippen LogP contribution in [0.1, 0.15) is 38.2 Å². The largest absolute Gasteiger partial charge is 0.491 e. The number of nitrogens with zero attached hydrogens (tertiary/aromatic N) is 1. The van der Waals surface area contributed by atoms with Crippen LogP contribution in [0, 0.1) is 27.7 Å². The molecule has 6 nitrogen and oxygen atoms in total. The Balaban J connectivity index is 1.64. The minimum absolute atomic E-state index is 0.190. The van der Waals surface area contributed by atoms with Crippen LogP contribution in [-0.2, 0) is 16.6 Å². The van der Waals surface area contributed by atoms with Crippen LogP contribution in [0.5, 0.6) is 5.75 Å². The molecule has 0 aliphatic carbocycles. The third-order valence-corrected chi connectivity index (χ3v) is 6.68. The number of carbonyl (C=O) groups is 1. The Morgan fingerprint density at radius 1 is 0.912 bits per heavy atom. The molecule has 0 saturated carbocycles. The summed E-state index contributed by atoms with van der Waals surface area (Å²) in [6.45, 7) is 8.74. The van der Waals surface area contributed by atoms with E-state index in [1.807, 2.05) is 64.1 Å². The smallest absolute Gasteiger partial charge is 0.251 e. The second-order valence-corrected chi connectivity index (χ2v) is 10.5. The van der Waals surface area contributed by atoms with Gasteiger partial charge in [0.15, 0.2) is 0 Å². The molecule has 7 heteroatoms. The molecule has 3 aromatic carbocycles. The highest BCUT2D eigenvalue weighted by Crippen LogP contribution is 2.29. The molecule has 0 aliphatic rings. The minimum atomic E-state index is -3.50. The van der Waals surface area contributed by atoms with Crippen molar-refractivity contribution in [1.29, 1.82) is 0 Å². The second-order valence-electron chi connectivity index (χ2n) is 8.58. The number of sulfonamides is 1. The monoisotopic (exact) mass is 480 g/mol. The van der Waals surface area contributed by atoms with Crippen molar-refractivity contribution in [2.24, 2.45) is 0 Å². The van der Waals surface area contributed by atoms with Crippen LogP contribution in [0.15, 0.2) is 60.7 Å². The average molecular weight is 481 g/mol. The van der Waals surface area contributed by atoms with Crippen molar-refractivity contribution in [2.75, 3.05) is 23.7 Å². The van der Waals surface area contributed by atoms with Crippen LogP contribution in [-0.4, -0.2) is 33.7 Å². The van der Waals surface area contributed by atoms with Crippen molar-refractivity contribution in [1.82, 2.24) is 5.32 Å². The maximum atomic E-state index is 12.6. The summed E-state index contributed by atoms with van der Waals surface area (Å²) in [5.41, 5.74) is 5.95. The molecule has 0 atom stereocenters. The Morgan fingerprint density at radius 2 is 1.53 bits per heavy atom. The van der Waals surface area contributed by atoms with Gasteiger partial charge >= 0.3 is 0 Å². The Hall–Kier alpha value is -3.32. The number of hydrogen-bond donors (Lipinski definition) is 1. The molecule has 3 rings (SSSR count). The lowest BCUT2D eigenvalue weighted by Crippen LogP contribution is -2.31. The molecule has 34 heavy (non-hydrogen) atoms. The van der Waals surface area contributed by atoms with Gasteiger partial charge in [0.1, 0.15) is 12.4 Å². The van der Waals surface area contributed by atoms with E-state index >= 15 is 0 Å². The molecule has 0 spiro atoms. The number of amides is 1. The summed E-state index contributed by atoms with van der Waals surface area (Å²) in [5.74, 6) is 0.598. The molecular formula is C27H32N2O4S. The number of rotatable bonds is 9. The standard InChI is InChI=1S/C27H32N2O4S/c1-19-16-21(3)26(22(4)17-19)29(34(5,31)32)18-23-10-12-24(13-11-23)27(30)28-14-15-33-25-9-7-6-8-20(25)2/h6-13,16-17H,14-15,18H2,1-5H3,(H,28,30). The van der Waals surface area contributed by atoms with Crippen LogP contribution in [0.3, 0.4) is 0 Å². The van der Waals surface area contributed by atoms with Gasteiger partial charge in [-0.2, -0.15) is 0 Å². The van der Waals surface area contributed by atoms with E-state index in [1.54, 1.807) is 24.3 Å². The van der Waals surface area contributed by atoms with Gasteiger partial charge < -0.3 is 10.1 Å². The first-order valence-corrected chi connectivity index (χ1v) is 13.0. The van der Waals surface area contributed by atoms with Crippen molar-refractivity contribution in [3.8, 4) is 5.75 Å². The SMILES string of the molecule is Cc1cc(C)c(N(Cc2ccc(C(=O)NCCOc3ccccc3C)cc2)S(C)(=O)=O)c(C)c1. The van der Waals surface area contributed by atoms with Crippen molar-refractivity contribution in [2.45, 2.75) is 34.2 Å². The van der Waals surface area contributed by atoms with Gasteiger partial charge in [-0.15, -0.1) is 0 Å². The number of benzene rings is 3. The lowest BCUT2D eigenvalue weighted by molar-refractivity contribution is 0.0947. The van der Waals surface area contributed by atoms with E-state index in [2.05, 4.69) is 5.32 Å². The third kappa shape index (κ3) is 6.38. The summed E-state index contributed by atoms with van der Waals surface area (Å²) in [6.07, 6.45) is 1.21. The summed E-state index contributed by atoms with van der Waals surface area (Å²) in [6, 6.07) is 18.7.